The van der Waals surface area contributed by atoms with E-state index in [1.54, 1.807) is 30.3 Å². The average molecular weight is 349 g/mol. The largest absolute Gasteiger partial charge is 0.384 e. The third-order valence-corrected chi connectivity index (χ3v) is 3.82. The highest BCUT2D eigenvalue weighted by atomic mass is 16.5. The Hall–Kier alpha value is -2.45. The van der Waals surface area contributed by atoms with E-state index in [0.717, 1.165) is 0 Å². The number of ether oxygens (including phenoxy) is 1. The van der Waals surface area contributed by atoms with E-state index in [1.165, 1.54) is 11.8 Å². The summed E-state index contributed by atoms with van der Waals surface area (Å²) in [5, 5.41) is 15.7. The van der Waals surface area contributed by atoms with Gasteiger partial charge in [-0.3, -0.25) is 14.4 Å². The third kappa shape index (κ3) is 5.84. The van der Waals surface area contributed by atoms with Crippen LogP contribution in [0.25, 0.3) is 0 Å². The Balaban J connectivity index is 1.91. The molecule has 2 rings (SSSR count). The Morgan fingerprint density at radius 1 is 1.24 bits per heavy atom. The topological polar surface area (TPSA) is 108 Å². The van der Waals surface area contributed by atoms with Crippen molar-refractivity contribution in [3.05, 3.63) is 35.9 Å². The molecule has 8 heteroatoms. The van der Waals surface area contributed by atoms with E-state index in [2.05, 4.69) is 10.6 Å². The van der Waals surface area contributed by atoms with Gasteiger partial charge in [-0.1, -0.05) is 18.2 Å². The lowest BCUT2D eigenvalue weighted by Crippen LogP contribution is -2.54. The number of nitrogens with zero attached hydrogens (tertiary/aromatic N) is 1. The zero-order valence-corrected chi connectivity index (χ0v) is 14.2. The minimum Gasteiger partial charge on any atom is -0.384 e. The lowest BCUT2D eigenvalue weighted by atomic mass is 10.1. The molecule has 0 unspecified atom stereocenters. The molecule has 1 saturated heterocycles. The van der Waals surface area contributed by atoms with E-state index >= 15 is 0 Å². The molecule has 0 bridgehead atoms. The zero-order valence-electron chi connectivity index (χ0n) is 14.2. The number of rotatable bonds is 5. The number of nitrogens with one attached hydrogen (secondary N) is 2. The summed E-state index contributed by atoms with van der Waals surface area (Å²) >= 11 is 0. The second-order valence-corrected chi connectivity index (χ2v) is 6.05. The quantitative estimate of drug-likeness (QED) is 0.641. The molecule has 3 N–H and O–H groups in total. The van der Waals surface area contributed by atoms with Gasteiger partial charge in [0.2, 0.25) is 11.8 Å². The van der Waals surface area contributed by atoms with Crippen LogP contribution >= 0.6 is 0 Å². The molecule has 1 aliphatic rings. The Labute approximate surface area is 146 Å². The molecule has 0 aromatic heterocycles. The van der Waals surface area contributed by atoms with Gasteiger partial charge in [0.05, 0.1) is 32.8 Å². The predicted octanol–water partition coefficient (Wildman–Crippen LogP) is -0.858. The van der Waals surface area contributed by atoms with Gasteiger partial charge in [0, 0.05) is 19.0 Å². The van der Waals surface area contributed by atoms with Crippen molar-refractivity contribution >= 4 is 17.7 Å². The van der Waals surface area contributed by atoms with Crippen LogP contribution < -0.4 is 10.6 Å². The van der Waals surface area contributed by atoms with Crippen molar-refractivity contribution in [1.29, 1.82) is 0 Å². The number of aliphatic hydroxyl groups is 1. The van der Waals surface area contributed by atoms with Gasteiger partial charge in [-0.25, -0.2) is 0 Å². The molecule has 0 radical (unpaired) electrons. The second kappa shape index (κ2) is 8.59. The predicted molar refractivity (Wildman–Crippen MR) is 89.8 cm³/mol. The molecular formula is C17H23N3O5. The number of β-amino-alcohol motifs (C(OH)–C–C–N with tert-alkyl or cyclic N) is 1. The second-order valence-electron chi connectivity index (χ2n) is 6.05. The van der Waals surface area contributed by atoms with Crippen LogP contribution in [0, 0.1) is 0 Å². The van der Waals surface area contributed by atoms with Crippen molar-refractivity contribution in [2.24, 2.45) is 0 Å². The van der Waals surface area contributed by atoms with Crippen LogP contribution in [0.5, 0.6) is 0 Å². The average Bonchev–Trinajstić information content (AvgIpc) is 2.81. The first-order chi connectivity index (χ1) is 11.9. The SMILES string of the molecule is CC(=O)NC[C@]1(O)COCCN(C(=O)CNC(=O)c2ccccc2)C1. The number of carbonyl (C=O) groups is 3. The highest BCUT2D eigenvalue weighted by Crippen LogP contribution is 2.12. The fourth-order valence-corrected chi connectivity index (χ4v) is 2.48. The van der Waals surface area contributed by atoms with E-state index < -0.39 is 5.60 Å². The molecule has 3 amide bonds. The number of benzene rings is 1. The van der Waals surface area contributed by atoms with E-state index in [0.29, 0.717) is 12.1 Å². The molecule has 1 atom stereocenters. The molecule has 8 nitrogen and oxygen atoms in total. The van der Waals surface area contributed by atoms with Crippen LogP contribution in [0.4, 0.5) is 0 Å². The third-order valence-electron chi connectivity index (χ3n) is 3.82. The Morgan fingerprint density at radius 2 is 1.96 bits per heavy atom. The molecule has 0 saturated carbocycles. The summed E-state index contributed by atoms with van der Waals surface area (Å²) in [6.07, 6.45) is 0. The van der Waals surface area contributed by atoms with E-state index in [4.69, 9.17) is 4.74 Å². The molecule has 1 aromatic rings. The smallest absolute Gasteiger partial charge is 0.251 e. The Morgan fingerprint density at radius 3 is 2.64 bits per heavy atom. The van der Waals surface area contributed by atoms with E-state index in [9.17, 15) is 19.5 Å². The van der Waals surface area contributed by atoms with Crippen molar-refractivity contribution < 1.29 is 24.2 Å². The molecule has 0 spiro atoms. The van der Waals surface area contributed by atoms with Gasteiger partial charge in [0.1, 0.15) is 5.60 Å². The van der Waals surface area contributed by atoms with Crippen molar-refractivity contribution in [3.63, 3.8) is 0 Å². The van der Waals surface area contributed by atoms with Crippen LogP contribution in [-0.4, -0.2) is 72.7 Å². The van der Waals surface area contributed by atoms with Crippen LogP contribution in [0.1, 0.15) is 17.3 Å². The number of carbonyl (C=O) groups excluding carboxylic acids is 3. The van der Waals surface area contributed by atoms with Crippen LogP contribution in [0.3, 0.4) is 0 Å². The number of amides is 3. The van der Waals surface area contributed by atoms with Crippen molar-refractivity contribution in [1.82, 2.24) is 15.5 Å². The standard InChI is InChI=1S/C17H23N3O5/c1-13(21)19-10-17(24)11-20(7-8-25-12-17)15(22)9-18-16(23)14-5-3-2-4-6-14/h2-6,24H,7-12H2,1H3,(H,18,23)(H,19,21)/t17-/m1/s1. The summed E-state index contributed by atoms with van der Waals surface area (Å²) in [5.41, 5.74) is -0.891. The fraction of sp³-hybridized carbons (Fsp3) is 0.471. The van der Waals surface area contributed by atoms with Crippen molar-refractivity contribution in [2.45, 2.75) is 12.5 Å². The summed E-state index contributed by atoms with van der Waals surface area (Å²) < 4.78 is 5.34. The van der Waals surface area contributed by atoms with Gasteiger partial charge >= 0.3 is 0 Å². The maximum atomic E-state index is 12.4. The first-order valence-corrected chi connectivity index (χ1v) is 8.05. The van der Waals surface area contributed by atoms with Gasteiger partial charge in [0.25, 0.3) is 5.91 Å². The molecule has 0 aliphatic carbocycles. The van der Waals surface area contributed by atoms with Gasteiger partial charge in [0.15, 0.2) is 0 Å². The van der Waals surface area contributed by atoms with Crippen molar-refractivity contribution in [2.75, 3.05) is 39.4 Å². The van der Waals surface area contributed by atoms with E-state index in [1.807, 2.05) is 0 Å². The monoisotopic (exact) mass is 349 g/mol. The van der Waals surface area contributed by atoms with Gasteiger partial charge in [-0.15, -0.1) is 0 Å². The highest BCUT2D eigenvalue weighted by molar-refractivity contribution is 5.96. The van der Waals surface area contributed by atoms with Crippen LogP contribution in [0.2, 0.25) is 0 Å². The molecule has 136 valence electrons. The summed E-state index contributed by atoms with van der Waals surface area (Å²) in [4.78, 5) is 36.9. The molecule has 1 aliphatic heterocycles. The van der Waals surface area contributed by atoms with Crippen molar-refractivity contribution in [3.8, 4) is 0 Å². The summed E-state index contributed by atoms with van der Waals surface area (Å²) in [6, 6.07) is 8.60. The van der Waals surface area contributed by atoms with Crippen LogP contribution in [0.15, 0.2) is 30.3 Å². The summed E-state index contributed by atoms with van der Waals surface area (Å²) in [5.74, 6) is -0.935. The molecule has 1 fully saturated rings. The maximum absolute atomic E-state index is 12.4. The normalized spacial score (nSPS) is 20.5. The highest BCUT2D eigenvalue weighted by Gasteiger charge is 2.34. The van der Waals surface area contributed by atoms with Gasteiger partial charge < -0.3 is 25.4 Å². The zero-order chi connectivity index (χ0) is 18.3. The first kappa shape index (κ1) is 18.9. The molecule has 1 aromatic carbocycles. The minimum atomic E-state index is -1.36. The maximum Gasteiger partial charge on any atom is 0.251 e. The Bertz CT molecular complexity index is 622. The Kier molecular flexibility index (Phi) is 6.49. The first-order valence-electron chi connectivity index (χ1n) is 8.05. The lowest BCUT2D eigenvalue weighted by molar-refractivity contribution is -0.133. The number of hydrogen-bond donors (Lipinski definition) is 3. The van der Waals surface area contributed by atoms with Crippen LogP contribution in [-0.2, 0) is 14.3 Å². The molecule has 25 heavy (non-hydrogen) atoms. The van der Waals surface area contributed by atoms with Gasteiger partial charge in [-0.2, -0.15) is 0 Å². The molecule has 1 heterocycles. The van der Waals surface area contributed by atoms with E-state index in [-0.39, 0.29) is 50.6 Å². The molecular weight excluding hydrogens is 326 g/mol. The minimum absolute atomic E-state index is 0.0114. The number of hydrogen-bond acceptors (Lipinski definition) is 5. The van der Waals surface area contributed by atoms with Gasteiger partial charge in [-0.05, 0) is 12.1 Å². The fourth-order valence-electron chi connectivity index (χ4n) is 2.48. The lowest BCUT2D eigenvalue weighted by Gasteiger charge is -2.30. The summed E-state index contributed by atoms with van der Waals surface area (Å²) in [6.45, 7) is 1.79. The summed E-state index contributed by atoms with van der Waals surface area (Å²) in [7, 11) is 0.